The lowest BCUT2D eigenvalue weighted by Crippen LogP contribution is -2.15. The predicted molar refractivity (Wildman–Crippen MR) is 83.7 cm³/mol. The maximum Gasteiger partial charge on any atom is 0.224 e. The summed E-state index contributed by atoms with van der Waals surface area (Å²) < 4.78 is 11.2. The lowest BCUT2D eigenvalue weighted by Gasteiger charge is -2.13. The van der Waals surface area contributed by atoms with E-state index in [1.54, 1.807) is 0 Å². The molecule has 1 fully saturated rings. The summed E-state index contributed by atoms with van der Waals surface area (Å²) in [6.45, 7) is 4.97. The van der Waals surface area contributed by atoms with E-state index in [9.17, 15) is 4.79 Å². The monoisotopic (exact) mass is 291 g/mol. The summed E-state index contributed by atoms with van der Waals surface area (Å²) in [6.07, 6.45) is 4.95. The van der Waals surface area contributed by atoms with Gasteiger partial charge in [0.1, 0.15) is 5.75 Å². The summed E-state index contributed by atoms with van der Waals surface area (Å²) >= 11 is 0. The molecule has 1 amide bonds. The number of carbonyl (C=O) groups excluding carboxylic acids is 1. The van der Waals surface area contributed by atoms with Gasteiger partial charge in [-0.1, -0.05) is 6.92 Å². The zero-order chi connectivity index (χ0) is 15.1. The Kier molecular flexibility index (Phi) is 6.05. The predicted octanol–water partition coefficient (Wildman–Crippen LogP) is 3.76. The average Bonchev–Trinajstić information content (AvgIpc) is 3.00. The molecule has 0 saturated carbocycles. The van der Waals surface area contributed by atoms with Gasteiger partial charge in [-0.05, 0) is 56.9 Å². The Labute approximate surface area is 126 Å². The van der Waals surface area contributed by atoms with Crippen molar-refractivity contribution < 1.29 is 14.3 Å². The number of hydrogen-bond acceptors (Lipinski definition) is 3. The van der Waals surface area contributed by atoms with E-state index in [1.807, 2.05) is 31.2 Å². The first-order valence-electron chi connectivity index (χ1n) is 7.85. The fraction of sp³-hybridized carbons (Fsp3) is 0.588. The van der Waals surface area contributed by atoms with Crippen molar-refractivity contribution in [3.63, 3.8) is 0 Å². The Morgan fingerprint density at radius 3 is 2.81 bits per heavy atom. The first kappa shape index (κ1) is 15.8. The summed E-state index contributed by atoms with van der Waals surface area (Å²) in [4.78, 5) is 11.9. The number of amides is 1. The second-order valence-electron chi connectivity index (χ2n) is 5.58. The number of benzene rings is 1. The summed E-state index contributed by atoms with van der Waals surface area (Å²) in [7, 11) is 0. The lowest BCUT2D eigenvalue weighted by molar-refractivity contribution is -0.116. The van der Waals surface area contributed by atoms with Gasteiger partial charge in [-0.3, -0.25) is 4.79 Å². The standard InChI is InChI=1S/C17H25NO3/c1-3-13(2)21-16-8-6-14(7-9-16)18-17(19)11-10-15-5-4-12-20-15/h6-9,13,15H,3-5,10-12H2,1-2H3,(H,18,19). The van der Waals surface area contributed by atoms with Gasteiger partial charge in [0.05, 0.1) is 12.2 Å². The molecule has 1 heterocycles. The average molecular weight is 291 g/mol. The van der Waals surface area contributed by atoms with E-state index in [1.165, 1.54) is 0 Å². The smallest absolute Gasteiger partial charge is 0.224 e. The molecule has 1 saturated heterocycles. The van der Waals surface area contributed by atoms with Crippen LogP contribution < -0.4 is 10.1 Å². The lowest BCUT2D eigenvalue weighted by atomic mass is 10.1. The minimum Gasteiger partial charge on any atom is -0.491 e. The van der Waals surface area contributed by atoms with Gasteiger partial charge in [0.25, 0.3) is 0 Å². The molecule has 2 atom stereocenters. The fourth-order valence-electron chi connectivity index (χ4n) is 2.32. The first-order chi connectivity index (χ1) is 10.2. The van der Waals surface area contributed by atoms with Gasteiger partial charge in [0.15, 0.2) is 0 Å². The normalized spacial score (nSPS) is 19.2. The minimum atomic E-state index is 0.0427. The van der Waals surface area contributed by atoms with Crippen LogP contribution in [0.15, 0.2) is 24.3 Å². The molecule has 1 aliphatic rings. The molecule has 0 aromatic heterocycles. The Hall–Kier alpha value is -1.55. The molecule has 0 radical (unpaired) electrons. The van der Waals surface area contributed by atoms with Crippen LogP contribution in [0.3, 0.4) is 0 Å². The van der Waals surface area contributed by atoms with Crippen LogP contribution in [0.25, 0.3) is 0 Å². The van der Waals surface area contributed by atoms with Gasteiger partial charge in [-0.25, -0.2) is 0 Å². The molecule has 2 rings (SSSR count). The highest BCUT2D eigenvalue weighted by atomic mass is 16.5. The molecular weight excluding hydrogens is 266 g/mol. The third-order valence-corrected chi connectivity index (χ3v) is 3.77. The van der Waals surface area contributed by atoms with E-state index >= 15 is 0 Å². The van der Waals surface area contributed by atoms with Crippen LogP contribution in [0.4, 0.5) is 5.69 Å². The van der Waals surface area contributed by atoms with Crippen LogP contribution in [-0.2, 0) is 9.53 Å². The van der Waals surface area contributed by atoms with E-state index in [0.29, 0.717) is 6.42 Å². The number of nitrogens with one attached hydrogen (secondary N) is 1. The van der Waals surface area contributed by atoms with Gasteiger partial charge in [0, 0.05) is 18.7 Å². The summed E-state index contributed by atoms with van der Waals surface area (Å²) in [5, 5.41) is 2.91. The zero-order valence-corrected chi connectivity index (χ0v) is 12.9. The van der Waals surface area contributed by atoms with Crippen molar-refractivity contribution in [2.24, 2.45) is 0 Å². The van der Waals surface area contributed by atoms with Gasteiger partial charge in [-0.15, -0.1) is 0 Å². The summed E-state index contributed by atoms with van der Waals surface area (Å²) in [5.41, 5.74) is 0.809. The minimum absolute atomic E-state index is 0.0427. The van der Waals surface area contributed by atoms with Gasteiger partial charge in [0.2, 0.25) is 5.91 Å². The van der Waals surface area contributed by atoms with Crippen LogP contribution in [0.5, 0.6) is 5.75 Å². The molecule has 1 aromatic carbocycles. The van der Waals surface area contributed by atoms with E-state index in [2.05, 4.69) is 12.2 Å². The molecule has 1 N–H and O–H groups in total. The largest absolute Gasteiger partial charge is 0.491 e. The van der Waals surface area contributed by atoms with Crippen LogP contribution in [0, 0.1) is 0 Å². The maximum absolute atomic E-state index is 11.9. The molecule has 0 spiro atoms. The van der Waals surface area contributed by atoms with E-state index in [4.69, 9.17) is 9.47 Å². The second kappa shape index (κ2) is 8.03. The highest BCUT2D eigenvalue weighted by molar-refractivity contribution is 5.90. The number of rotatable bonds is 7. The Bertz CT molecular complexity index is 438. The van der Waals surface area contributed by atoms with E-state index < -0.39 is 0 Å². The molecule has 1 aliphatic heterocycles. The van der Waals surface area contributed by atoms with Crippen molar-refractivity contribution in [1.29, 1.82) is 0 Å². The number of ether oxygens (including phenoxy) is 2. The number of anilines is 1. The molecule has 0 aliphatic carbocycles. The third-order valence-electron chi connectivity index (χ3n) is 3.77. The second-order valence-corrected chi connectivity index (χ2v) is 5.58. The van der Waals surface area contributed by atoms with Crippen molar-refractivity contribution in [3.05, 3.63) is 24.3 Å². The van der Waals surface area contributed by atoms with Crippen LogP contribution in [0.2, 0.25) is 0 Å². The molecule has 4 heteroatoms. The molecule has 0 bridgehead atoms. The van der Waals surface area contributed by atoms with Crippen molar-refractivity contribution >= 4 is 11.6 Å². The van der Waals surface area contributed by atoms with Crippen molar-refractivity contribution in [2.75, 3.05) is 11.9 Å². The van der Waals surface area contributed by atoms with E-state index in [-0.39, 0.29) is 18.1 Å². The molecule has 1 aromatic rings. The van der Waals surface area contributed by atoms with Gasteiger partial charge in [-0.2, -0.15) is 0 Å². The maximum atomic E-state index is 11.9. The molecule has 2 unspecified atom stereocenters. The topological polar surface area (TPSA) is 47.6 Å². The number of hydrogen-bond donors (Lipinski definition) is 1. The Morgan fingerprint density at radius 1 is 1.43 bits per heavy atom. The van der Waals surface area contributed by atoms with Crippen LogP contribution in [0.1, 0.15) is 46.0 Å². The van der Waals surface area contributed by atoms with E-state index in [0.717, 1.165) is 43.7 Å². The molecular formula is C17H25NO3. The SMILES string of the molecule is CCC(C)Oc1ccc(NC(=O)CCC2CCCO2)cc1. The molecule has 21 heavy (non-hydrogen) atoms. The quantitative estimate of drug-likeness (QED) is 0.832. The highest BCUT2D eigenvalue weighted by Gasteiger charge is 2.16. The first-order valence-corrected chi connectivity index (χ1v) is 7.85. The highest BCUT2D eigenvalue weighted by Crippen LogP contribution is 2.19. The fourth-order valence-corrected chi connectivity index (χ4v) is 2.32. The summed E-state index contributed by atoms with van der Waals surface area (Å²) in [5.74, 6) is 0.878. The molecule has 4 nitrogen and oxygen atoms in total. The Balaban J connectivity index is 1.75. The van der Waals surface area contributed by atoms with Crippen LogP contribution >= 0.6 is 0 Å². The van der Waals surface area contributed by atoms with Crippen molar-refractivity contribution in [3.8, 4) is 5.75 Å². The van der Waals surface area contributed by atoms with Crippen LogP contribution in [-0.4, -0.2) is 24.7 Å². The summed E-state index contributed by atoms with van der Waals surface area (Å²) in [6, 6.07) is 7.53. The van der Waals surface area contributed by atoms with Crippen molar-refractivity contribution in [1.82, 2.24) is 0 Å². The van der Waals surface area contributed by atoms with Crippen molar-refractivity contribution in [2.45, 2.75) is 58.2 Å². The Morgan fingerprint density at radius 2 is 2.19 bits per heavy atom. The number of carbonyl (C=O) groups is 1. The molecule has 116 valence electrons. The zero-order valence-electron chi connectivity index (χ0n) is 12.9. The third kappa shape index (κ3) is 5.38. The van der Waals surface area contributed by atoms with Gasteiger partial charge < -0.3 is 14.8 Å². The van der Waals surface area contributed by atoms with Gasteiger partial charge >= 0.3 is 0 Å².